The SMILES string of the molecule is CN1N=C2CNC(C(=O)[C@@H](COCc3ccc(F)c(F)c3)NC(=O)C(C)(C)N)CC2(Cc2ccccc2)C1=O. The third kappa shape index (κ3) is 6.21. The molecule has 2 aromatic rings. The lowest BCUT2D eigenvalue weighted by molar-refractivity contribution is -0.137. The highest BCUT2D eigenvalue weighted by Crippen LogP contribution is 2.39. The molecule has 2 aromatic carbocycles. The van der Waals surface area contributed by atoms with Crippen molar-refractivity contribution >= 4 is 23.3 Å². The minimum absolute atomic E-state index is 0.112. The zero-order chi connectivity index (χ0) is 28.4. The summed E-state index contributed by atoms with van der Waals surface area (Å²) < 4.78 is 32.5. The van der Waals surface area contributed by atoms with Crippen molar-refractivity contribution in [1.29, 1.82) is 0 Å². The van der Waals surface area contributed by atoms with Gasteiger partial charge in [0, 0.05) is 13.6 Å². The van der Waals surface area contributed by atoms with Crippen LogP contribution in [0.3, 0.4) is 0 Å². The number of halogens is 2. The van der Waals surface area contributed by atoms with E-state index in [9.17, 15) is 23.2 Å². The first-order valence-electron chi connectivity index (χ1n) is 12.7. The topological polar surface area (TPSA) is 126 Å². The average Bonchev–Trinajstić information content (AvgIpc) is 3.14. The Hall–Kier alpha value is -3.54. The number of carbonyl (C=O) groups is 3. The Labute approximate surface area is 225 Å². The third-order valence-corrected chi connectivity index (χ3v) is 7.06. The standard InChI is InChI=1S/C28H33F2N5O4/c1-27(2,31)25(37)33-22(16-39-15-18-9-10-19(29)20(30)11-18)24(36)21-13-28(12-17-7-5-4-6-8-17)23(14-32-21)34-35(3)26(28)38/h4-11,21-22,32H,12-16,31H2,1-3H3,(H,33,37)/t21?,22-,28?/m1/s1. The smallest absolute Gasteiger partial charge is 0.254 e. The van der Waals surface area contributed by atoms with Crippen LogP contribution in [0.1, 0.15) is 31.4 Å². The predicted molar refractivity (Wildman–Crippen MR) is 140 cm³/mol. The van der Waals surface area contributed by atoms with Crippen molar-refractivity contribution in [3.63, 3.8) is 0 Å². The van der Waals surface area contributed by atoms with E-state index < -0.39 is 40.6 Å². The van der Waals surface area contributed by atoms with Gasteiger partial charge < -0.3 is 21.1 Å². The molecule has 1 saturated heterocycles. The lowest BCUT2D eigenvalue weighted by Crippen LogP contribution is -2.62. The minimum Gasteiger partial charge on any atom is -0.374 e. The van der Waals surface area contributed by atoms with Crippen LogP contribution >= 0.6 is 0 Å². The molecule has 2 aliphatic heterocycles. The summed E-state index contributed by atoms with van der Waals surface area (Å²) in [5.41, 5.74) is 5.63. The molecular formula is C28H33F2N5O4. The number of fused-ring (bicyclic) bond motifs is 1. The van der Waals surface area contributed by atoms with Crippen LogP contribution in [-0.4, -0.2) is 66.1 Å². The Kier molecular flexibility index (Phi) is 8.24. The van der Waals surface area contributed by atoms with Gasteiger partial charge in [-0.3, -0.25) is 14.4 Å². The summed E-state index contributed by atoms with van der Waals surface area (Å²) in [6.07, 6.45) is 0.519. The maximum Gasteiger partial charge on any atom is 0.254 e. The van der Waals surface area contributed by atoms with E-state index in [2.05, 4.69) is 15.7 Å². The number of nitrogens with two attached hydrogens (primary N) is 1. The van der Waals surface area contributed by atoms with Gasteiger partial charge >= 0.3 is 0 Å². The number of nitrogens with one attached hydrogen (secondary N) is 2. The molecule has 2 heterocycles. The van der Waals surface area contributed by atoms with Gasteiger partial charge in [0.25, 0.3) is 5.91 Å². The Balaban J connectivity index is 1.54. The maximum absolute atomic E-state index is 13.8. The van der Waals surface area contributed by atoms with Crippen LogP contribution in [0.5, 0.6) is 0 Å². The number of ketones is 1. The van der Waals surface area contributed by atoms with E-state index in [-0.39, 0.29) is 37.9 Å². The minimum atomic E-state index is -1.27. The van der Waals surface area contributed by atoms with Crippen molar-refractivity contribution in [2.45, 2.75) is 50.9 Å². The fourth-order valence-electron chi connectivity index (χ4n) is 4.91. The number of nitrogens with zero attached hydrogens (tertiary/aromatic N) is 2. The summed E-state index contributed by atoms with van der Waals surface area (Å²) in [4.78, 5) is 39.9. The van der Waals surface area contributed by atoms with Gasteiger partial charge in [-0.05, 0) is 49.9 Å². The number of ether oxygens (including phenoxy) is 1. The van der Waals surface area contributed by atoms with Gasteiger partial charge in [-0.2, -0.15) is 5.10 Å². The van der Waals surface area contributed by atoms with Crippen LogP contribution in [0.15, 0.2) is 53.6 Å². The highest BCUT2D eigenvalue weighted by molar-refractivity contribution is 6.14. The number of hydrogen-bond acceptors (Lipinski definition) is 7. The van der Waals surface area contributed by atoms with Crippen molar-refractivity contribution in [3.8, 4) is 0 Å². The molecular weight excluding hydrogens is 508 g/mol. The third-order valence-electron chi connectivity index (χ3n) is 7.06. The second-order valence-corrected chi connectivity index (χ2v) is 10.7. The van der Waals surface area contributed by atoms with Crippen molar-refractivity contribution < 1.29 is 27.9 Å². The molecule has 39 heavy (non-hydrogen) atoms. The first kappa shape index (κ1) is 28.5. The van der Waals surface area contributed by atoms with Crippen LogP contribution < -0.4 is 16.4 Å². The second-order valence-electron chi connectivity index (χ2n) is 10.7. The molecule has 0 bridgehead atoms. The number of hydrazone groups is 1. The second kappa shape index (κ2) is 11.3. The molecule has 208 valence electrons. The first-order chi connectivity index (χ1) is 18.4. The van der Waals surface area contributed by atoms with Crippen LogP contribution in [0, 0.1) is 17.0 Å². The molecule has 2 unspecified atom stereocenters. The molecule has 11 heteroatoms. The predicted octanol–water partition coefficient (Wildman–Crippen LogP) is 1.69. The highest BCUT2D eigenvalue weighted by atomic mass is 19.2. The van der Waals surface area contributed by atoms with Crippen LogP contribution in [0.25, 0.3) is 0 Å². The molecule has 2 aliphatic rings. The molecule has 0 aliphatic carbocycles. The maximum atomic E-state index is 13.8. The van der Waals surface area contributed by atoms with E-state index in [1.54, 1.807) is 7.05 Å². The van der Waals surface area contributed by atoms with Crippen molar-refractivity contribution in [3.05, 3.63) is 71.3 Å². The van der Waals surface area contributed by atoms with Gasteiger partial charge in [-0.25, -0.2) is 13.8 Å². The number of amides is 2. The van der Waals surface area contributed by atoms with Gasteiger partial charge in [0.2, 0.25) is 5.91 Å². The van der Waals surface area contributed by atoms with Crippen LogP contribution in [-0.2, 0) is 32.1 Å². The molecule has 3 atom stereocenters. The molecule has 0 saturated carbocycles. The summed E-state index contributed by atoms with van der Waals surface area (Å²) in [6.45, 7) is 2.89. The Bertz CT molecular complexity index is 1280. The Morgan fingerprint density at radius 2 is 1.92 bits per heavy atom. The molecule has 0 spiro atoms. The van der Waals surface area contributed by atoms with Crippen LogP contribution in [0.4, 0.5) is 8.78 Å². The van der Waals surface area contributed by atoms with Gasteiger partial charge in [-0.1, -0.05) is 36.4 Å². The van der Waals surface area contributed by atoms with E-state index in [1.165, 1.54) is 24.9 Å². The number of Topliss-reactive ketones (excluding diaryl/α,β-unsaturated/α-hetero) is 1. The van der Waals surface area contributed by atoms with E-state index in [0.29, 0.717) is 17.7 Å². The fraction of sp³-hybridized carbons (Fsp3) is 0.429. The number of hydrogen-bond donors (Lipinski definition) is 3. The van der Waals surface area contributed by atoms with E-state index in [1.807, 2.05) is 30.3 Å². The number of piperidine rings is 1. The fourth-order valence-corrected chi connectivity index (χ4v) is 4.91. The molecule has 4 rings (SSSR count). The number of carbonyl (C=O) groups excluding carboxylic acids is 3. The summed E-state index contributed by atoms with van der Waals surface area (Å²) in [5.74, 6) is -3.13. The first-order valence-corrected chi connectivity index (χ1v) is 12.7. The molecule has 0 aromatic heterocycles. The van der Waals surface area contributed by atoms with Gasteiger partial charge in [0.15, 0.2) is 17.4 Å². The van der Waals surface area contributed by atoms with Gasteiger partial charge in [0.05, 0.1) is 35.9 Å². The van der Waals surface area contributed by atoms with Crippen molar-refractivity contribution in [1.82, 2.24) is 15.6 Å². The highest BCUT2D eigenvalue weighted by Gasteiger charge is 2.54. The molecule has 0 radical (unpaired) electrons. The van der Waals surface area contributed by atoms with Crippen molar-refractivity contribution in [2.24, 2.45) is 16.3 Å². The summed E-state index contributed by atoms with van der Waals surface area (Å²) >= 11 is 0. The van der Waals surface area contributed by atoms with E-state index in [0.717, 1.165) is 17.7 Å². The van der Waals surface area contributed by atoms with E-state index in [4.69, 9.17) is 10.5 Å². The average molecular weight is 542 g/mol. The quantitative estimate of drug-likeness (QED) is 0.420. The summed E-state index contributed by atoms with van der Waals surface area (Å²) in [6, 6.07) is 11.0. The molecule has 2 amide bonds. The van der Waals surface area contributed by atoms with E-state index >= 15 is 0 Å². The van der Waals surface area contributed by atoms with Crippen LogP contribution in [0.2, 0.25) is 0 Å². The molecule has 4 N–H and O–H groups in total. The summed E-state index contributed by atoms with van der Waals surface area (Å²) in [5, 5.41) is 11.6. The van der Waals surface area contributed by atoms with Crippen molar-refractivity contribution in [2.75, 3.05) is 20.2 Å². The zero-order valence-corrected chi connectivity index (χ0v) is 22.2. The van der Waals surface area contributed by atoms with Gasteiger partial charge in [0.1, 0.15) is 6.04 Å². The monoisotopic (exact) mass is 541 g/mol. The lowest BCUT2D eigenvalue weighted by Gasteiger charge is -2.38. The Morgan fingerprint density at radius 1 is 1.21 bits per heavy atom. The lowest BCUT2D eigenvalue weighted by atomic mass is 9.69. The van der Waals surface area contributed by atoms with Gasteiger partial charge in [-0.15, -0.1) is 0 Å². The number of rotatable bonds is 10. The Morgan fingerprint density at radius 3 is 2.59 bits per heavy atom. The molecule has 9 nitrogen and oxygen atoms in total. The number of benzene rings is 2. The summed E-state index contributed by atoms with van der Waals surface area (Å²) in [7, 11) is 1.59. The zero-order valence-electron chi connectivity index (χ0n) is 22.2. The molecule has 1 fully saturated rings. The normalized spacial score (nSPS) is 21.8. The largest absolute Gasteiger partial charge is 0.374 e.